The van der Waals surface area contributed by atoms with Crippen LogP contribution in [0.3, 0.4) is 0 Å². The van der Waals surface area contributed by atoms with Crippen molar-refractivity contribution in [1.82, 2.24) is 0 Å². The van der Waals surface area contributed by atoms with Crippen molar-refractivity contribution in [2.24, 2.45) is 5.92 Å². The van der Waals surface area contributed by atoms with Crippen molar-refractivity contribution in [2.45, 2.75) is 12.7 Å². The zero-order valence-electron chi connectivity index (χ0n) is 16.1. The molecule has 2 aliphatic heterocycles. The molecular formula is C20H18F2N2O6. The number of fused-ring (bicyclic) bond motifs is 1. The number of hydrogen-bond donors (Lipinski definition) is 1. The Morgan fingerprint density at radius 2 is 1.83 bits per heavy atom. The number of nitrogens with one attached hydrogen (secondary N) is 1. The molecule has 1 N–H and O–H groups in total. The third kappa shape index (κ3) is 3.68. The lowest BCUT2D eigenvalue weighted by atomic mass is 10.1. The molecule has 0 spiro atoms. The van der Waals surface area contributed by atoms with E-state index in [0.717, 1.165) is 0 Å². The van der Waals surface area contributed by atoms with Crippen LogP contribution in [0.2, 0.25) is 0 Å². The SMILES string of the molecule is COc1ccc(N2CC(C(=O)Nc3ccc4c(c3)OC(F)(F)O4)CC2=O)cc1OC. The molecular weight excluding hydrogens is 402 g/mol. The summed E-state index contributed by atoms with van der Waals surface area (Å²) in [6.07, 6.45) is -3.72. The normalized spacial score (nSPS) is 19.0. The number of rotatable bonds is 5. The first-order chi connectivity index (χ1) is 14.3. The summed E-state index contributed by atoms with van der Waals surface area (Å²) >= 11 is 0. The molecule has 1 fully saturated rings. The fourth-order valence-corrected chi connectivity index (χ4v) is 3.40. The summed E-state index contributed by atoms with van der Waals surface area (Å²) in [7, 11) is 3.00. The Labute approximate surface area is 170 Å². The van der Waals surface area contributed by atoms with Crippen LogP contribution in [0.25, 0.3) is 0 Å². The number of methoxy groups -OCH3 is 2. The van der Waals surface area contributed by atoms with Gasteiger partial charge in [-0.05, 0) is 24.3 Å². The van der Waals surface area contributed by atoms with E-state index in [1.165, 1.54) is 37.3 Å². The van der Waals surface area contributed by atoms with E-state index >= 15 is 0 Å². The minimum atomic E-state index is -3.73. The predicted molar refractivity (Wildman–Crippen MR) is 101 cm³/mol. The number of ether oxygens (including phenoxy) is 4. The van der Waals surface area contributed by atoms with Crippen LogP contribution in [0.5, 0.6) is 23.0 Å². The summed E-state index contributed by atoms with van der Waals surface area (Å²) in [5.74, 6) is -0.536. The number of carbonyl (C=O) groups excluding carboxylic acids is 2. The van der Waals surface area contributed by atoms with E-state index in [0.29, 0.717) is 17.2 Å². The molecule has 2 aliphatic rings. The Balaban J connectivity index is 1.45. The third-order valence-electron chi connectivity index (χ3n) is 4.84. The largest absolute Gasteiger partial charge is 0.586 e. The quantitative estimate of drug-likeness (QED) is 0.800. The standard InChI is InChI=1S/C20H18F2N2O6/c1-27-14-6-4-13(9-16(14)28-2)24-10-11(7-18(24)25)19(26)23-12-3-5-15-17(8-12)30-20(21,22)29-15/h3-6,8-9,11H,7,10H2,1-2H3,(H,23,26). The third-order valence-corrected chi connectivity index (χ3v) is 4.84. The number of alkyl halides is 2. The first-order valence-electron chi connectivity index (χ1n) is 9.03. The van der Waals surface area contributed by atoms with Gasteiger partial charge < -0.3 is 29.2 Å². The average molecular weight is 420 g/mol. The molecule has 8 nitrogen and oxygen atoms in total. The molecule has 0 aromatic heterocycles. The summed E-state index contributed by atoms with van der Waals surface area (Å²) in [6.45, 7) is 0.169. The molecule has 158 valence electrons. The van der Waals surface area contributed by atoms with Gasteiger partial charge in [-0.3, -0.25) is 9.59 Å². The van der Waals surface area contributed by atoms with E-state index in [9.17, 15) is 18.4 Å². The van der Waals surface area contributed by atoms with Crippen LogP contribution >= 0.6 is 0 Å². The topological polar surface area (TPSA) is 86.3 Å². The van der Waals surface area contributed by atoms with Crippen LogP contribution < -0.4 is 29.2 Å². The number of halogens is 2. The Kier molecular flexibility index (Phi) is 4.84. The van der Waals surface area contributed by atoms with E-state index in [-0.39, 0.29) is 36.1 Å². The maximum absolute atomic E-state index is 13.1. The monoisotopic (exact) mass is 420 g/mol. The lowest BCUT2D eigenvalue weighted by molar-refractivity contribution is -0.286. The minimum Gasteiger partial charge on any atom is -0.493 e. The molecule has 0 aliphatic carbocycles. The summed E-state index contributed by atoms with van der Waals surface area (Å²) in [5, 5.41) is 2.63. The lowest BCUT2D eigenvalue weighted by Crippen LogP contribution is -2.28. The van der Waals surface area contributed by atoms with Gasteiger partial charge in [-0.1, -0.05) is 0 Å². The highest BCUT2D eigenvalue weighted by atomic mass is 19.3. The second-order valence-electron chi connectivity index (χ2n) is 6.76. The average Bonchev–Trinajstić information content (AvgIpc) is 3.25. The van der Waals surface area contributed by atoms with Crippen molar-refractivity contribution < 1.29 is 37.3 Å². The van der Waals surface area contributed by atoms with E-state index in [2.05, 4.69) is 14.8 Å². The smallest absolute Gasteiger partial charge is 0.493 e. The molecule has 0 bridgehead atoms. The Morgan fingerprint density at radius 3 is 2.57 bits per heavy atom. The van der Waals surface area contributed by atoms with Crippen molar-refractivity contribution in [3.05, 3.63) is 36.4 Å². The number of nitrogens with zero attached hydrogens (tertiary/aromatic N) is 1. The van der Waals surface area contributed by atoms with Gasteiger partial charge in [0.1, 0.15) is 0 Å². The zero-order chi connectivity index (χ0) is 21.5. The molecule has 0 saturated carbocycles. The van der Waals surface area contributed by atoms with Crippen LogP contribution in [-0.4, -0.2) is 38.9 Å². The molecule has 30 heavy (non-hydrogen) atoms. The number of benzene rings is 2. The molecule has 10 heteroatoms. The Hall–Kier alpha value is -3.56. The molecule has 0 radical (unpaired) electrons. The Morgan fingerprint density at radius 1 is 1.10 bits per heavy atom. The number of anilines is 2. The molecule has 1 saturated heterocycles. The minimum absolute atomic E-state index is 0.0167. The molecule has 1 unspecified atom stereocenters. The molecule has 2 aromatic rings. The van der Waals surface area contributed by atoms with Crippen LogP contribution in [0.1, 0.15) is 6.42 Å². The highest BCUT2D eigenvalue weighted by Gasteiger charge is 2.43. The van der Waals surface area contributed by atoms with Gasteiger partial charge in [0, 0.05) is 36.5 Å². The summed E-state index contributed by atoms with van der Waals surface area (Å²) in [5.41, 5.74) is 0.843. The van der Waals surface area contributed by atoms with Crippen LogP contribution in [0, 0.1) is 5.92 Å². The van der Waals surface area contributed by atoms with Gasteiger partial charge in [0.25, 0.3) is 0 Å². The maximum atomic E-state index is 13.1. The van der Waals surface area contributed by atoms with Crippen molar-refractivity contribution >= 4 is 23.2 Å². The van der Waals surface area contributed by atoms with Crippen molar-refractivity contribution in [2.75, 3.05) is 31.0 Å². The van der Waals surface area contributed by atoms with Gasteiger partial charge in [-0.25, -0.2) is 0 Å². The van der Waals surface area contributed by atoms with E-state index in [1.807, 2.05) is 0 Å². The second-order valence-corrected chi connectivity index (χ2v) is 6.76. The van der Waals surface area contributed by atoms with Gasteiger partial charge in [0.15, 0.2) is 23.0 Å². The zero-order valence-corrected chi connectivity index (χ0v) is 16.1. The van der Waals surface area contributed by atoms with Crippen molar-refractivity contribution in [1.29, 1.82) is 0 Å². The first kappa shape index (κ1) is 19.7. The number of amides is 2. The highest BCUT2D eigenvalue weighted by molar-refractivity contribution is 6.03. The molecule has 1 atom stereocenters. The van der Waals surface area contributed by atoms with Gasteiger partial charge in [-0.2, -0.15) is 0 Å². The van der Waals surface area contributed by atoms with Crippen molar-refractivity contribution in [3.8, 4) is 23.0 Å². The summed E-state index contributed by atoms with van der Waals surface area (Å²) in [4.78, 5) is 26.6. The van der Waals surface area contributed by atoms with E-state index < -0.39 is 18.1 Å². The van der Waals surface area contributed by atoms with Crippen LogP contribution in [-0.2, 0) is 9.59 Å². The molecule has 2 aromatic carbocycles. The second kappa shape index (κ2) is 7.36. The van der Waals surface area contributed by atoms with Gasteiger partial charge in [0.05, 0.1) is 20.1 Å². The van der Waals surface area contributed by atoms with Gasteiger partial charge in [0.2, 0.25) is 11.8 Å². The van der Waals surface area contributed by atoms with Gasteiger partial charge in [-0.15, -0.1) is 8.78 Å². The Bertz CT molecular complexity index is 1010. The number of hydrogen-bond acceptors (Lipinski definition) is 6. The fourth-order valence-electron chi connectivity index (χ4n) is 3.40. The first-order valence-corrected chi connectivity index (χ1v) is 9.03. The maximum Gasteiger partial charge on any atom is 0.586 e. The lowest BCUT2D eigenvalue weighted by Gasteiger charge is -2.18. The van der Waals surface area contributed by atoms with E-state index in [1.54, 1.807) is 18.2 Å². The number of carbonyl (C=O) groups is 2. The van der Waals surface area contributed by atoms with Gasteiger partial charge >= 0.3 is 6.29 Å². The van der Waals surface area contributed by atoms with Crippen molar-refractivity contribution in [3.63, 3.8) is 0 Å². The molecule has 2 heterocycles. The molecule has 2 amide bonds. The summed E-state index contributed by atoms with van der Waals surface area (Å²) < 4.78 is 45.4. The predicted octanol–water partition coefficient (Wildman–Crippen LogP) is 3.02. The van der Waals surface area contributed by atoms with Crippen LogP contribution in [0.15, 0.2) is 36.4 Å². The molecule has 4 rings (SSSR count). The van der Waals surface area contributed by atoms with E-state index in [4.69, 9.17) is 9.47 Å². The fraction of sp³-hybridized carbons (Fsp3) is 0.300. The van der Waals surface area contributed by atoms with Crippen LogP contribution in [0.4, 0.5) is 20.2 Å². The summed E-state index contributed by atoms with van der Waals surface area (Å²) in [6, 6.07) is 8.99. The highest BCUT2D eigenvalue weighted by Crippen LogP contribution is 2.42.